The second-order valence-electron chi connectivity index (χ2n) is 1.39. The third-order valence-electron chi connectivity index (χ3n) is 0.575. The summed E-state index contributed by atoms with van der Waals surface area (Å²) >= 11 is 0. The molecule has 0 saturated heterocycles. The van der Waals surface area contributed by atoms with Crippen molar-refractivity contribution in [2.45, 2.75) is 35.1 Å². The second kappa shape index (κ2) is 22.4. The lowest BCUT2D eigenvalue weighted by Crippen LogP contribution is -1.88. The molecule has 0 saturated carbocycles. The molecule has 4 heteroatoms. The van der Waals surface area contributed by atoms with Crippen molar-refractivity contribution in [2.75, 3.05) is 14.2 Å². The first kappa shape index (κ1) is 22.7. The maximum Gasteiger partial charge on any atom is 0.302 e. The van der Waals surface area contributed by atoms with Gasteiger partial charge in [-0.1, -0.05) is 21.3 Å². The molecule has 0 spiro atoms. The predicted molar refractivity (Wildman–Crippen MR) is 53.5 cm³/mol. The predicted octanol–water partition coefficient (Wildman–Crippen LogP) is 2.02. The smallest absolute Gasteiger partial charge is 0.302 e. The van der Waals surface area contributed by atoms with E-state index in [1.54, 1.807) is 0 Å². The normalized spacial score (nSPS) is 5.69. The van der Waals surface area contributed by atoms with E-state index in [1.807, 2.05) is 13.8 Å². The summed E-state index contributed by atoms with van der Waals surface area (Å²) in [6.45, 7) is 6.72. The Balaban J connectivity index is -0.0000000491. The number of hydrogen-bond donors (Lipinski definition) is 0. The summed E-state index contributed by atoms with van der Waals surface area (Å²) in [6, 6.07) is 0. The van der Waals surface area contributed by atoms with Crippen molar-refractivity contribution >= 4 is 11.9 Å². The van der Waals surface area contributed by atoms with Gasteiger partial charge in [0.05, 0.1) is 14.2 Å². The fourth-order valence-electron chi connectivity index (χ4n) is 0. The van der Waals surface area contributed by atoms with Gasteiger partial charge in [0.2, 0.25) is 0 Å². The minimum absolute atomic E-state index is 0. The molecule has 0 aromatic carbocycles. The number of methoxy groups -OCH3 is 2. The zero-order valence-corrected chi connectivity index (χ0v) is 8.63. The van der Waals surface area contributed by atoms with Gasteiger partial charge >= 0.3 is 11.9 Å². The minimum atomic E-state index is -0.245. The third-order valence-corrected chi connectivity index (χ3v) is 0.575. The number of rotatable bonds is 0. The average molecular weight is 194 g/mol. The summed E-state index contributed by atoms with van der Waals surface area (Å²) in [5, 5.41) is 0. The van der Waals surface area contributed by atoms with Crippen LogP contribution in [0.25, 0.3) is 0 Å². The molecule has 0 aromatic rings. The fourth-order valence-corrected chi connectivity index (χ4v) is 0. The third kappa shape index (κ3) is 101. The van der Waals surface area contributed by atoms with E-state index in [-0.39, 0.29) is 19.4 Å². The van der Waals surface area contributed by atoms with Crippen LogP contribution < -0.4 is 0 Å². The summed E-state index contributed by atoms with van der Waals surface area (Å²) in [6.07, 6.45) is 0. The highest BCUT2D eigenvalue weighted by molar-refractivity contribution is 5.65. The molecule has 0 aliphatic rings. The van der Waals surface area contributed by atoms with E-state index in [1.165, 1.54) is 28.1 Å². The summed E-state index contributed by atoms with van der Waals surface area (Å²) < 4.78 is 8.22. The zero-order chi connectivity index (χ0) is 10.6. The molecule has 0 atom stereocenters. The van der Waals surface area contributed by atoms with Crippen LogP contribution in [0.15, 0.2) is 0 Å². The van der Waals surface area contributed by atoms with Gasteiger partial charge in [0.1, 0.15) is 0 Å². The van der Waals surface area contributed by atoms with E-state index >= 15 is 0 Å². The molecular weight excluding hydrogens is 172 g/mol. The molecule has 0 amide bonds. The molecule has 0 aliphatic carbocycles. The largest absolute Gasteiger partial charge is 0.469 e. The summed E-state index contributed by atoms with van der Waals surface area (Å²) in [5.41, 5.74) is 0. The lowest BCUT2D eigenvalue weighted by molar-refractivity contribution is -0.138. The van der Waals surface area contributed by atoms with Crippen LogP contribution in [0, 0.1) is 0 Å². The van der Waals surface area contributed by atoms with Gasteiger partial charge in [-0.15, -0.1) is 0 Å². The van der Waals surface area contributed by atoms with Crippen molar-refractivity contribution in [1.82, 2.24) is 0 Å². The SMILES string of the molecule is C.CC.COC(C)=O.COC(C)=O. The van der Waals surface area contributed by atoms with E-state index in [0.29, 0.717) is 0 Å². The quantitative estimate of drug-likeness (QED) is 0.553. The molecule has 4 nitrogen and oxygen atoms in total. The highest BCUT2D eigenvalue weighted by Crippen LogP contribution is 1.60. The molecule has 82 valence electrons. The van der Waals surface area contributed by atoms with Crippen LogP contribution in [0.2, 0.25) is 0 Å². The highest BCUT2D eigenvalue weighted by Gasteiger charge is 1.76. The van der Waals surface area contributed by atoms with Crippen LogP contribution in [0.3, 0.4) is 0 Å². The lowest BCUT2D eigenvalue weighted by atomic mass is 10.8. The molecule has 0 aliphatic heterocycles. The van der Waals surface area contributed by atoms with Crippen LogP contribution in [0.4, 0.5) is 0 Å². The van der Waals surface area contributed by atoms with Gasteiger partial charge in [0.15, 0.2) is 0 Å². The molecule has 0 fully saturated rings. The number of esters is 2. The van der Waals surface area contributed by atoms with Crippen molar-refractivity contribution in [3.63, 3.8) is 0 Å². The molecule has 0 aromatic heterocycles. The minimum Gasteiger partial charge on any atom is -0.469 e. The van der Waals surface area contributed by atoms with Gasteiger partial charge in [-0.2, -0.15) is 0 Å². The Bertz CT molecular complexity index is 96.2. The second-order valence-corrected chi connectivity index (χ2v) is 1.39. The molecule has 0 N–H and O–H groups in total. The Hall–Kier alpha value is -1.06. The Morgan fingerprint density at radius 2 is 0.923 bits per heavy atom. The first-order chi connectivity index (χ1) is 5.54. The van der Waals surface area contributed by atoms with Crippen LogP contribution in [0.1, 0.15) is 35.1 Å². The van der Waals surface area contributed by atoms with Crippen molar-refractivity contribution in [3.05, 3.63) is 0 Å². The molecule has 0 heterocycles. The van der Waals surface area contributed by atoms with Crippen LogP contribution in [-0.2, 0) is 19.1 Å². The van der Waals surface area contributed by atoms with Crippen molar-refractivity contribution in [1.29, 1.82) is 0 Å². The molecule has 13 heavy (non-hydrogen) atoms. The number of carbonyl (C=O) groups is 2. The number of hydrogen-bond acceptors (Lipinski definition) is 4. The highest BCUT2D eigenvalue weighted by atomic mass is 16.5. The van der Waals surface area contributed by atoms with Gasteiger partial charge < -0.3 is 9.47 Å². The van der Waals surface area contributed by atoms with E-state index < -0.39 is 0 Å². The first-order valence-electron chi connectivity index (χ1n) is 3.63. The fraction of sp³-hybridized carbons (Fsp3) is 0.778. The lowest BCUT2D eigenvalue weighted by Gasteiger charge is -1.80. The Morgan fingerprint density at radius 3 is 0.923 bits per heavy atom. The Morgan fingerprint density at radius 1 is 0.846 bits per heavy atom. The molecule has 0 unspecified atom stereocenters. The summed E-state index contributed by atoms with van der Waals surface area (Å²) in [5.74, 6) is -0.491. The van der Waals surface area contributed by atoms with Gasteiger partial charge in [-0.25, -0.2) is 0 Å². The van der Waals surface area contributed by atoms with Crippen molar-refractivity contribution < 1.29 is 19.1 Å². The van der Waals surface area contributed by atoms with Gasteiger partial charge in [-0.3, -0.25) is 9.59 Å². The Labute approximate surface area is 81.2 Å². The van der Waals surface area contributed by atoms with E-state index in [4.69, 9.17) is 0 Å². The topological polar surface area (TPSA) is 52.6 Å². The maximum absolute atomic E-state index is 9.59. The van der Waals surface area contributed by atoms with Crippen molar-refractivity contribution in [2.24, 2.45) is 0 Å². The summed E-state index contributed by atoms with van der Waals surface area (Å²) in [4.78, 5) is 19.2. The molecular formula is C9H22O4. The maximum atomic E-state index is 9.59. The van der Waals surface area contributed by atoms with E-state index in [0.717, 1.165) is 0 Å². The standard InChI is InChI=1S/2C3H6O2.C2H6.CH4/c2*1-3(4)5-2;1-2;/h2*1-2H3;1-2H3;1H4. The molecule has 0 rings (SSSR count). The molecule has 0 radical (unpaired) electrons. The van der Waals surface area contributed by atoms with Crippen LogP contribution >= 0.6 is 0 Å². The van der Waals surface area contributed by atoms with Gasteiger partial charge in [-0.05, 0) is 0 Å². The van der Waals surface area contributed by atoms with E-state index in [9.17, 15) is 9.59 Å². The Kier molecular flexibility index (Phi) is 39.1. The number of carbonyl (C=O) groups excluding carboxylic acids is 2. The van der Waals surface area contributed by atoms with Crippen LogP contribution in [0.5, 0.6) is 0 Å². The molecule has 0 bridgehead atoms. The van der Waals surface area contributed by atoms with Crippen molar-refractivity contribution in [3.8, 4) is 0 Å². The van der Waals surface area contributed by atoms with E-state index in [2.05, 4.69) is 9.47 Å². The monoisotopic (exact) mass is 194 g/mol. The van der Waals surface area contributed by atoms with Gasteiger partial charge in [0.25, 0.3) is 0 Å². The van der Waals surface area contributed by atoms with Gasteiger partial charge in [0, 0.05) is 13.8 Å². The number of ether oxygens (including phenoxy) is 2. The van der Waals surface area contributed by atoms with Crippen LogP contribution in [-0.4, -0.2) is 26.2 Å². The zero-order valence-electron chi connectivity index (χ0n) is 8.63. The average Bonchev–Trinajstić information content (AvgIpc) is 2.09. The summed E-state index contributed by atoms with van der Waals surface area (Å²) in [7, 11) is 2.70. The first-order valence-corrected chi connectivity index (χ1v) is 3.63.